The molecule has 0 aromatic heterocycles. The molecule has 0 radical (unpaired) electrons. The van der Waals surface area contributed by atoms with Gasteiger partial charge in [-0.2, -0.15) is 0 Å². The molecule has 1 aromatic carbocycles. The average Bonchev–Trinajstić information content (AvgIpc) is 2.18. The summed E-state index contributed by atoms with van der Waals surface area (Å²) in [6.07, 6.45) is 3.13. The molecule has 0 heterocycles. The van der Waals surface area contributed by atoms with Crippen molar-refractivity contribution in [3.8, 4) is 0 Å². The summed E-state index contributed by atoms with van der Waals surface area (Å²) in [4.78, 5) is 0. The van der Waals surface area contributed by atoms with Crippen molar-refractivity contribution in [1.82, 2.24) is 0 Å². The molecule has 1 aliphatic carbocycles. The number of anilines is 1. The lowest BCUT2D eigenvalue weighted by molar-refractivity contribution is 0.105. The summed E-state index contributed by atoms with van der Waals surface area (Å²) in [7, 11) is 0. The minimum atomic E-state index is -0.566. The van der Waals surface area contributed by atoms with Crippen molar-refractivity contribution in [3.63, 3.8) is 0 Å². The lowest BCUT2D eigenvalue weighted by Crippen LogP contribution is -2.40. The van der Waals surface area contributed by atoms with Crippen LogP contribution in [0.4, 0.5) is 14.5 Å². The molecular formula is C16H22BrF2N. The SMILES string of the molecule is CC1(C)CC(Nc2c(F)cc(F)cc2Br)CC(C)(C)C1. The fraction of sp³-hybridized carbons (Fsp3) is 0.625. The molecule has 1 nitrogen and oxygen atoms in total. The molecule has 4 heteroatoms. The van der Waals surface area contributed by atoms with Gasteiger partial charge in [0.1, 0.15) is 11.6 Å². The third-order valence-electron chi connectivity index (χ3n) is 3.91. The highest BCUT2D eigenvalue weighted by Crippen LogP contribution is 2.46. The summed E-state index contributed by atoms with van der Waals surface area (Å²) < 4.78 is 27.5. The van der Waals surface area contributed by atoms with E-state index in [1.165, 1.54) is 6.07 Å². The quantitative estimate of drug-likeness (QED) is 0.720. The standard InChI is InChI=1S/C16H22BrF2N/c1-15(2)7-11(8-16(3,4)9-15)20-14-12(17)5-10(18)6-13(14)19/h5-6,11,20H,7-9H2,1-4H3. The number of benzene rings is 1. The zero-order valence-electron chi connectivity index (χ0n) is 12.5. The second kappa shape index (κ2) is 5.28. The monoisotopic (exact) mass is 345 g/mol. The molecular weight excluding hydrogens is 324 g/mol. The third-order valence-corrected chi connectivity index (χ3v) is 4.54. The van der Waals surface area contributed by atoms with Gasteiger partial charge in [0.15, 0.2) is 0 Å². The van der Waals surface area contributed by atoms with Crippen LogP contribution in [0.25, 0.3) is 0 Å². The summed E-state index contributed by atoms with van der Waals surface area (Å²) in [6.45, 7) is 8.99. The Morgan fingerprint density at radius 3 is 2.15 bits per heavy atom. The van der Waals surface area contributed by atoms with Gasteiger partial charge in [0.2, 0.25) is 0 Å². The normalized spacial score (nSPS) is 21.8. The van der Waals surface area contributed by atoms with E-state index in [4.69, 9.17) is 0 Å². The summed E-state index contributed by atoms with van der Waals surface area (Å²) >= 11 is 3.24. The summed E-state index contributed by atoms with van der Waals surface area (Å²) in [6, 6.07) is 2.42. The molecule has 1 aliphatic rings. The van der Waals surface area contributed by atoms with Gasteiger partial charge in [-0.3, -0.25) is 0 Å². The van der Waals surface area contributed by atoms with Crippen LogP contribution >= 0.6 is 15.9 Å². The Bertz CT molecular complexity index is 472. The largest absolute Gasteiger partial charge is 0.379 e. The second-order valence-corrected chi connectivity index (χ2v) is 8.35. The molecule has 2 rings (SSSR count). The molecule has 0 aliphatic heterocycles. The Balaban J connectivity index is 2.22. The maximum Gasteiger partial charge on any atom is 0.150 e. The van der Waals surface area contributed by atoms with Crippen molar-refractivity contribution in [2.45, 2.75) is 53.0 Å². The van der Waals surface area contributed by atoms with Crippen LogP contribution in [0.5, 0.6) is 0 Å². The van der Waals surface area contributed by atoms with Crippen molar-refractivity contribution < 1.29 is 8.78 Å². The van der Waals surface area contributed by atoms with Gasteiger partial charge >= 0.3 is 0 Å². The minimum Gasteiger partial charge on any atom is -0.379 e. The van der Waals surface area contributed by atoms with Crippen LogP contribution in [0.1, 0.15) is 47.0 Å². The van der Waals surface area contributed by atoms with E-state index in [1.807, 2.05) is 0 Å². The van der Waals surface area contributed by atoms with Crippen LogP contribution in [-0.4, -0.2) is 6.04 Å². The second-order valence-electron chi connectivity index (χ2n) is 7.50. The van der Waals surface area contributed by atoms with Crippen molar-refractivity contribution in [2.75, 3.05) is 5.32 Å². The van der Waals surface area contributed by atoms with Crippen LogP contribution in [0.15, 0.2) is 16.6 Å². The molecule has 20 heavy (non-hydrogen) atoms. The predicted molar refractivity (Wildman–Crippen MR) is 82.9 cm³/mol. The number of halogens is 3. The maximum absolute atomic E-state index is 13.9. The molecule has 1 N–H and O–H groups in total. The molecule has 1 saturated carbocycles. The summed E-state index contributed by atoms with van der Waals surface area (Å²) in [5.74, 6) is -1.11. The van der Waals surface area contributed by atoms with Crippen LogP contribution in [-0.2, 0) is 0 Å². The molecule has 1 fully saturated rings. The minimum absolute atomic E-state index is 0.199. The van der Waals surface area contributed by atoms with Gasteiger partial charge in [0, 0.05) is 16.6 Å². The van der Waals surface area contributed by atoms with Gasteiger partial charge < -0.3 is 5.32 Å². The van der Waals surface area contributed by atoms with Crippen molar-refractivity contribution >= 4 is 21.6 Å². The number of hydrogen-bond donors (Lipinski definition) is 1. The summed E-state index contributed by atoms with van der Waals surface area (Å²) in [5.41, 5.74) is 0.815. The molecule has 1 aromatic rings. The molecule has 0 amide bonds. The molecule has 0 saturated heterocycles. The van der Waals surface area contributed by atoms with Crippen molar-refractivity contribution in [1.29, 1.82) is 0 Å². The summed E-state index contributed by atoms with van der Waals surface area (Å²) in [5, 5.41) is 3.27. The third kappa shape index (κ3) is 3.72. The highest BCUT2D eigenvalue weighted by Gasteiger charge is 2.38. The van der Waals surface area contributed by atoms with E-state index in [2.05, 4.69) is 48.9 Å². The first-order valence-electron chi connectivity index (χ1n) is 6.99. The van der Waals surface area contributed by atoms with Gasteiger partial charge in [-0.25, -0.2) is 8.78 Å². The first-order valence-corrected chi connectivity index (χ1v) is 7.78. The van der Waals surface area contributed by atoms with Gasteiger partial charge in [-0.05, 0) is 52.1 Å². The predicted octanol–water partition coefficient (Wildman–Crippen LogP) is 5.74. The van der Waals surface area contributed by atoms with E-state index < -0.39 is 11.6 Å². The molecule has 112 valence electrons. The van der Waals surface area contributed by atoms with E-state index in [9.17, 15) is 8.78 Å². The molecule has 0 spiro atoms. The lowest BCUT2D eigenvalue weighted by Gasteiger charge is -2.45. The fourth-order valence-electron chi connectivity index (χ4n) is 3.83. The van der Waals surface area contributed by atoms with Crippen molar-refractivity contribution in [3.05, 3.63) is 28.2 Å². The fourth-order valence-corrected chi connectivity index (χ4v) is 4.35. The Hall–Kier alpha value is -0.640. The first-order chi connectivity index (χ1) is 9.08. The Labute approximate surface area is 128 Å². The topological polar surface area (TPSA) is 12.0 Å². The lowest BCUT2D eigenvalue weighted by atomic mass is 9.63. The molecule has 0 bridgehead atoms. The zero-order chi connectivity index (χ0) is 15.1. The number of rotatable bonds is 2. The number of nitrogens with one attached hydrogen (secondary N) is 1. The van der Waals surface area contributed by atoms with Crippen LogP contribution in [0.3, 0.4) is 0 Å². The average molecular weight is 346 g/mol. The van der Waals surface area contributed by atoms with Crippen LogP contribution < -0.4 is 5.32 Å². The Morgan fingerprint density at radius 2 is 1.65 bits per heavy atom. The smallest absolute Gasteiger partial charge is 0.150 e. The zero-order valence-corrected chi connectivity index (χ0v) is 14.1. The molecule has 0 atom stereocenters. The highest BCUT2D eigenvalue weighted by molar-refractivity contribution is 9.10. The highest BCUT2D eigenvalue weighted by atomic mass is 79.9. The maximum atomic E-state index is 13.9. The van der Waals surface area contributed by atoms with E-state index >= 15 is 0 Å². The van der Waals surface area contributed by atoms with Gasteiger partial charge in [0.05, 0.1) is 5.69 Å². The van der Waals surface area contributed by atoms with E-state index in [0.717, 1.165) is 25.3 Å². The van der Waals surface area contributed by atoms with E-state index in [1.54, 1.807) is 0 Å². The van der Waals surface area contributed by atoms with Crippen LogP contribution in [0.2, 0.25) is 0 Å². The van der Waals surface area contributed by atoms with E-state index in [-0.39, 0.29) is 16.9 Å². The Morgan fingerprint density at radius 1 is 1.10 bits per heavy atom. The van der Waals surface area contributed by atoms with Crippen LogP contribution in [0, 0.1) is 22.5 Å². The number of hydrogen-bond acceptors (Lipinski definition) is 1. The van der Waals surface area contributed by atoms with Gasteiger partial charge in [-0.1, -0.05) is 27.7 Å². The van der Waals surface area contributed by atoms with Gasteiger partial charge in [0.25, 0.3) is 0 Å². The van der Waals surface area contributed by atoms with E-state index in [0.29, 0.717) is 10.2 Å². The van der Waals surface area contributed by atoms with Gasteiger partial charge in [-0.15, -0.1) is 0 Å². The molecule has 0 unspecified atom stereocenters. The van der Waals surface area contributed by atoms with Crippen molar-refractivity contribution in [2.24, 2.45) is 10.8 Å². The first kappa shape index (κ1) is 15.7. The Kier molecular flexibility index (Phi) is 4.16.